The van der Waals surface area contributed by atoms with Crippen molar-refractivity contribution in [3.63, 3.8) is 0 Å². The number of hydrogen-bond donors (Lipinski definition) is 3. The van der Waals surface area contributed by atoms with E-state index in [1.54, 1.807) is 0 Å². The summed E-state index contributed by atoms with van der Waals surface area (Å²) in [6, 6.07) is 0. The zero-order valence-electron chi connectivity index (χ0n) is 56.5. The van der Waals surface area contributed by atoms with Crippen molar-refractivity contribution < 1.29 is 80.2 Å². The molecule has 0 aliphatic heterocycles. The Morgan fingerprint density at radius 1 is 0.333 bits per heavy atom. The summed E-state index contributed by atoms with van der Waals surface area (Å²) in [6.45, 7) is 11.8. The maximum Gasteiger partial charge on any atom is 0.472 e. The summed E-state index contributed by atoms with van der Waals surface area (Å²) in [6.07, 6.45) is 41.6. The number of rotatable bonds is 66. The van der Waals surface area contributed by atoms with Gasteiger partial charge in [0, 0.05) is 25.7 Å². The van der Waals surface area contributed by atoms with Gasteiger partial charge >= 0.3 is 39.5 Å². The molecule has 0 bridgehead atoms. The standard InChI is InChI=1S/C68H132O17P2/c1-8-10-11-12-13-14-20-28-35-42-49-65(70)78-56-64(85-68(73)52-45-38-31-24-23-27-34-41-48-61(7)9-2)58-83-87(76,77)81-54-62(69)53-80-86(74,75)82-57-63(55-79-66(71)50-43-36-29-22-17-19-26-33-40-47-60(5)6)84-67(72)51-44-37-30-21-16-15-18-25-32-39-46-59(3)4/h59-64,69H,8-58H2,1-7H3,(H,74,75)(H,76,77)/t61?,62-,63-,64-/m1/s1. The summed E-state index contributed by atoms with van der Waals surface area (Å²) in [5.74, 6) is 0.135. The van der Waals surface area contributed by atoms with Crippen LogP contribution in [0.5, 0.6) is 0 Å². The van der Waals surface area contributed by atoms with E-state index < -0.39 is 97.5 Å². The van der Waals surface area contributed by atoms with Crippen LogP contribution in [0.3, 0.4) is 0 Å². The topological polar surface area (TPSA) is 237 Å². The minimum atomic E-state index is -4.95. The molecule has 6 atom stereocenters. The second kappa shape index (κ2) is 59.1. The van der Waals surface area contributed by atoms with Crippen molar-refractivity contribution in [2.45, 2.75) is 356 Å². The van der Waals surface area contributed by atoms with Crippen molar-refractivity contribution >= 4 is 39.5 Å². The van der Waals surface area contributed by atoms with Gasteiger partial charge in [0.1, 0.15) is 19.3 Å². The van der Waals surface area contributed by atoms with E-state index in [4.69, 9.17) is 37.0 Å². The average Bonchev–Trinajstić information content (AvgIpc) is 3.70. The number of phosphoric ester groups is 2. The molecule has 0 rings (SSSR count). The first-order chi connectivity index (χ1) is 41.8. The molecule has 0 saturated carbocycles. The Balaban J connectivity index is 5.26. The number of aliphatic hydroxyl groups is 1. The summed E-state index contributed by atoms with van der Waals surface area (Å²) < 4.78 is 68.2. The predicted octanol–water partition coefficient (Wildman–Crippen LogP) is 19.1. The molecule has 17 nitrogen and oxygen atoms in total. The summed E-state index contributed by atoms with van der Waals surface area (Å²) in [4.78, 5) is 72.4. The normalized spacial score (nSPS) is 14.6. The van der Waals surface area contributed by atoms with Gasteiger partial charge < -0.3 is 33.8 Å². The molecule has 0 spiro atoms. The van der Waals surface area contributed by atoms with Crippen LogP contribution in [0.15, 0.2) is 0 Å². The lowest BCUT2D eigenvalue weighted by Gasteiger charge is -2.21. The van der Waals surface area contributed by atoms with Crippen molar-refractivity contribution in [1.82, 2.24) is 0 Å². The van der Waals surface area contributed by atoms with Gasteiger partial charge in [0.05, 0.1) is 26.4 Å². The molecule has 0 amide bonds. The maximum absolute atomic E-state index is 13.0. The Bertz CT molecular complexity index is 1720. The lowest BCUT2D eigenvalue weighted by Crippen LogP contribution is -2.30. The molecule has 0 heterocycles. The third-order valence-electron chi connectivity index (χ3n) is 16.0. The van der Waals surface area contributed by atoms with E-state index in [9.17, 15) is 43.2 Å². The van der Waals surface area contributed by atoms with Gasteiger partial charge in [0.15, 0.2) is 12.2 Å². The van der Waals surface area contributed by atoms with Crippen LogP contribution in [0.4, 0.5) is 0 Å². The zero-order chi connectivity index (χ0) is 64.5. The van der Waals surface area contributed by atoms with Crippen LogP contribution in [-0.2, 0) is 65.4 Å². The van der Waals surface area contributed by atoms with E-state index in [0.717, 1.165) is 108 Å². The van der Waals surface area contributed by atoms with Crippen LogP contribution in [0.1, 0.15) is 337 Å². The number of unbranched alkanes of at least 4 members (excludes halogenated alkanes) is 33. The molecule has 87 heavy (non-hydrogen) atoms. The molecule has 0 saturated heterocycles. The van der Waals surface area contributed by atoms with Crippen LogP contribution in [0.25, 0.3) is 0 Å². The predicted molar refractivity (Wildman–Crippen MR) is 349 cm³/mol. The van der Waals surface area contributed by atoms with Gasteiger partial charge in [-0.1, -0.05) is 286 Å². The van der Waals surface area contributed by atoms with Gasteiger partial charge in [-0.3, -0.25) is 37.3 Å². The molecule has 0 aliphatic carbocycles. The zero-order valence-corrected chi connectivity index (χ0v) is 58.3. The third kappa shape index (κ3) is 61.3. The van der Waals surface area contributed by atoms with E-state index in [0.29, 0.717) is 25.7 Å². The largest absolute Gasteiger partial charge is 0.472 e. The SMILES string of the molecule is CCCCCCCCCCCCC(=O)OC[C@H](COP(=O)(O)OC[C@H](O)COP(=O)(O)OC[C@@H](COC(=O)CCCCCCCCCCCC(C)C)OC(=O)CCCCCCCCCCCCC(C)C)OC(=O)CCCCCCCCCCC(C)CC. The molecule has 516 valence electrons. The van der Waals surface area contributed by atoms with Gasteiger partial charge in [0.2, 0.25) is 0 Å². The molecule has 19 heteroatoms. The lowest BCUT2D eigenvalue weighted by atomic mass is 9.99. The van der Waals surface area contributed by atoms with Gasteiger partial charge in [-0.05, 0) is 43.4 Å². The van der Waals surface area contributed by atoms with Crippen LogP contribution in [-0.4, -0.2) is 96.7 Å². The molecule has 0 aliphatic rings. The Hall–Kier alpha value is -1.94. The second-order valence-corrected chi connectivity index (χ2v) is 28.7. The highest BCUT2D eigenvalue weighted by Gasteiger charge is 2.30. The number of aliphatic hydroxyl groups excluding tert-OH is 1. The van der Waals surface area contributed by atoms with Crippen LogP contribution in [0, 0.1) is 17.8 Å². The number of ether oxygens (including phenoxy) is 4. The van der Waals surface area contributed by atoms with E-state index in [2.05, 4.69) is 48.5 Å². The molecule has 0 aromatic heterocycles. The Labute approximate surface area is 530 Å². The highest BCUT2D eigenvalue weighted by atomic mass is 31.2. The van der Waals surface area contributed by atoms with Crippen LogP contribution in [0.2, 0.25) is 0 Å². The van der Waals surface area contributed by atoms with Crippen LogP contribution >= 0.6 is 15.6 Å². The molecular weight excluding hydrogens is 1150 g/mol. The van der Waals surface area contributed by atoms with Crippen molar-refractivity contribution in [2.24, 2.45) is 17.8 Å². The minimum absolute atomic E-state index is 0.105. The molecular formula is C68H132O17P2. The number of phosphoric acid groups is 2. The lowest BCUT2D eigenvalue weighted by molar-refractivity contribution is -0.161. The van der Waals surface area contributed by atoms with Gasteiger partial charge in [-0.25, -0.2) is 9.13 Å². The summed E-state index contributed by atoms with van der Waals surface area (Å²) in [5, 5.41) is 10.6. The van der Waals surface area contributed by atoms with Gasteiger partial charge in [0.25, 0.3) is 0 Å². The fourth-order valence-corrected chi connectivity index (χ4v) is 11.7. The van der Waals surface area contributed by atoms with Crippen molar-refractivity contribution in [3.05, 3.63) is 0 Å². The number of carbonyl (C=O) groups excluding carboxylic acids is 4. The number of hydrogen-bond acceptors (Lipinski definition) is 15. The molecule has 0 aromatic rings. The maximum atomic E-state index is 13.0. The molecule has 0 fully saturated rings. The summed E-state index contributed by atoms with van der Waals surface area (Å²) in [5.41, 5.74) is 0. The molecule has 3 N–H and O–H groups in total. The fraction of sp³-hybridized carbons (Fsp3) is 0.941. The third-order valence-corrected chi connectivity index (χ3v) is 17.9. The minimum Gasteiger partial charge on any atom is -0.462 e. The number of esters is 4. The van der Waals surface area contributed by atoms with E-state index in [1.807, 2.05) is 0 Å². The number of carbonyl (C=O) groups is 4. The Morgan fingerprint density at radius 3 is 0.874 bits per heavy atom. The smallest absolute Gasteiger partial charge is 0.462 e. The quantitative estimate of drug-likeness (QED) is 0.0222. The highest BCUT2D eigenvalue weighted by Crippen LogP contribution is 2.45. The van der Waals surface area contributed by atoms with Gasteiger partial charge in [-0.2, -0.15) is 0 Å². The summed E-state index contributed by atoms with van der Waals surface area (Å²) in [7, 11) is -9.90. The van der Waals surface area contributed by atoms with E-state index in [-0.39, 0.29) is 25.7 Å². The van der Waals surface area contributed by atoms with Crippen LogP contribution < -0.4 is 0 Å². The van der Waals surface area contributed by atoms with Crippen molar-refractivity contribution in [2.75, 3.05) is 39.6 Å². The van der Waals surface area contributed by atoms with Crippen molar-refractivity contribution in [1.29, 1.82) is 0 Å². The molecule has 0 aromatic carbocycles. The summed E-state index contributed by atoms with van der Waals surface area (Å²) >= 11 is 0. The highest BCUT2D eigenvalue weighted by molar-refractivity contribution is 7.47. The molecule has 3 unspecified atom stereocenters. The van der Waals surface area contributed by atoms with E-state index >= 15 is 0 Å². The molecule has 0 radical (unpaired) electrons. The first kappa shape index (κ1) is 85.1. The van der Waals surface area contributed by atoms with E-state index in [1.165, 1.54) is 148 Å². The fourth-order valence-electron chi connectivity index (χ4n) is 10.2. The second-order valence-electron chi connectivity index (χ2n) is 25.8. The average molecular weight is 1280 g/mol. The Morgan fingerprint density at radius 2 is 0.586 bits per heavy atom. The van der Waals surface area contributed by atoms with Crippen molar-refractivity contribution in [3.8, 4) is 0 Å². The Kier molecular flexibility index (Phi) is 57.8. The first-order valence-electron chi connectivity index (χ1n) is 35.4. The monoisotopic (exact) mass is 1280 g/mol. The van der Waals surface area contributed by atoms with Gasteiger partial charge in [-0.15, -0.1) is 0 Å². The first-order valence-corrected chi connectivity index (χ1v) is 38.4.